The molecule has 0 radical (unpaired) electrons. The third-order valence-corrected chi connectivity index (χ3v) is 6.87. The molecule has 2 atom stereocenters. The van der Waals surface area contributed by atoms with Crippen LogP contribution >= 0.6 is 0 Å². The first-order valence-corrected chi connectivity index (χ1v) is 12.5. The minimum absolute atomic E-state index is 0.0566. The number of hydrogen-bond acceptors (Lipinski definition) is 6. The third-order valence-electron chi connectivity index (χ3n) is 6.87. The topological polar surface area (TPSA) is 85.9 Å². The quantitative estimate of drug-likeness (QED) is 0.304. The molecule has 0 bridgehead atoms. The summed E-state index contributed by atoms with van der Waals surface area (Å²) in [7, 11) is 0. The van der Waals surface area contributed by atoms with Gasteiger partial charge in [-0.05, 0) is 44.7 Å². The van der Waals surface area contributed by atoms with Crippen molar-refractivity contribution in [1.82, 2.24) is 0 Å². The number of ketones is 1. The van der Waals surface area contributed by atoms with E-state index >= 15 is 0 Å². The molecule has 2 unspecified atom stereocenters. The Bertz CT molecular complexity index is 1500. The Morgan fingerprint density at radius 2 is 1.70 bits per heavy atom. The van der Waals surface area contributed by atoms with Crippen LogP contribution in [-0.4, -0.2) is 24.1 Å². The summed E-state index contributed by atoms with van der Waals surface area (Å²) >= 11 is 0. The normalized spacial score (nSPS) is 18.1. The molecule has 6 heteroatoms. The highest BCUT2D eigenvalue weighted by Crippen LogP contribution is 2.43. The predicted molar refractivity (Wildman–Crippen MR) is 145 cm³/mol. The second-order valence-corrected chi connectivity index (χ2v) is 10.6. The van der Waals surface area contributed by atoms with E-state index in [2.05, 4.69) is 25.8 Å². The number of aliphatic imine (C=N–C) groups is 1. The Morgan fingerprint density at radius 3 is 2.32 bits per heavy atom. The lowest BCUT2D eigenvalue weighted by Crippen LogP contribution is -2.36. The number of aryl methyl sites for hydroxylation is 1. The first-order valence-electron chi connectivity index (χ1n) is 12.5. The Kier molecular flexibility index (Phi) is 7.05. The van der Waals surface area contributed by atoms with Crippen LogP contribution in [0.25, 0.3) is 11.0 Å². The van der Waals surface area contributed by atoms with E-state index in [-0.39, 0.29) is 23.2 Å². The monoisotopic (exact) mass is 499 g/mol. The summed E-state index contributed by atoms with van der Waals surface area (Å²) in [5.41, 5.74) is 3.79. The molecule has 0 fully saturated rings. The third kappa shape index (κ3) is 4.93. The molecule has 0 saturated carbocycles. The van der Waals surface area contributed by atoms with Gasteiger partial charge in [-0.15, -0.1) is 0 Å². The summed E-state index contributed by atoms with van der Waals surface area (Å²) in [6.45, 7) is 13.5. The minimum Gasteiger partial charge on any atom is -0.465 e. The van der Waals surface area contributed by atoms with Gasteiger partial charge in [0.25, 0.3) is 0 Å². The summed E-state index contributed by atoms with van der Waals surface area (Å²) in [5, 5.41) is 0.393. The molecule has 6 nitrogen and oxygen atoms in total. The largest absolute Gasteiger partial charge is 0.465 e. The summed E-state index contributed by atoms with van der Waals surface area (Å²) in [6.07, 6.45) is 0. The first kappa shape index (κ1) is 26.3. The molecule has 1 aliphatic rings. The fourth-order valence-corrected chi connectivity index (χ4v) is 5.04. The molecule has 0 aliphatic carbocycles. The van der Waals surface area contributed by atoms with E-state index in [9.17, 15) is 14.4 Å². The second-order valence-electron chi connectivity index (χ2n) is 10.6. The number of carbonyl (C=O) groups is 2. The highest BCUT2D eigenvalue weighted by molar-refractivity contribution is 6.14. The van der Waals surface area contributed by atoms with Crippen molar-refractivity contribution in [2.75, 3.05) is 6.61 Å². The average Bonchev–Trinajstić information content (AvgIpc) is 2.82. The lowest BCUT2D eigenvalue weighted by atomic mass is 9.73. The zero-order valence-corrected chi connectivity index (χ0v) is 22.5. The molecule has 0 spiro atoms. The zero-order valence-electron chi connectivity index (χ0n) is 22.5. The van der Waals surface area contributed by atoms with Crippen LogP contribution in [0.3, 0.4) is 0 Å². The van der Waals surface area contributed by atoms with Gasteiger partial charge in [0, 0.05) is 40.1 Å². The molecule has 3 aromatic rings. The number of fused-ring (bicyclic) bond motifs is 1. The number of carbonyl (C=O) groups excluding carboxylic acids is 2. The van der Waals surface area contributed by atoms with E-state index in [0.29, 0.717) is 44.8 Å². The molecule has 0 saturated heterocycles. The summed E-state index contributed by atoms with van der Waals surface area (Å²) < 4.78 is 11.5. The molecule has 1 aliphatic heterocycles. The van der Waals surface area contributed by atoms with Crippen molar-refractivity contribution in [1.29, 1.82) is 0 Å². The Hall–Kier alpha value is -3.80. The molecule has 192 valence electrons. The molecular formula is C31H33NO5. The molecular weight excluding hydrogens is 466 g/mol. The smallest absolute Gasteiger partial charge is 0.315 e. The van der Waals surface area contributed by atoms with Crippen molar-refractivity contribution < 1.29 is 18.7 Å². The van der Waals surface area contributed by atoms with Crippen LogP contribution in [0.15, 0.2) is 74.0 Å². The number of rotatable bonds is 5. The Balaban J connectivity index is 1.96. The SMILES string of the molecule is CCOC(=O)C1C(C)=NC(C)=C(C(=O)c2ccc(C(C)(C)C)cc2)C1c1cccc2c(=O)cc(C)oc12. The van der Waals surface area contributed by atoms with E-state index in [1.54, 1.807) is 39.8 Å². The molecule has 2 aromatic carbocycles. The lowest BCUT2D eigenvalue weighted by Gasteiger charge is -2.32. The number of hydrogen-bond donors (Lipinski definition) is 0. The molecule has 2 heterocycles. The van der Waals surface area contributed by atoms with Crippen molar-refractivity contribution in [2.45, 2.75) is 59.8 Å². The maximum Gasteiger partial charge on any atom is 0.315 e. The van der Waals surface area contributed by atoms with Crippen LogP contribution in [-0.2, 0) is 14.9 Å². The molecule has 0 amide bonds. The van der Waals surface area contributed by atoms with E-state index in [0.717, 1.165) is 5.56 Å². The van der Waals surface area contributed by atoms with Crippen molar-refractivity contribution in [3.63, 3.8) is 0 Å². The summed E-state index contributed by atoms with van der Waals surface area (Å²) in [4.78, 5) is 44.8. The minimum atomic E-state index is -0.840. The van der Waals surface area contributed by atoms with Crippen molar-refractivity contribution >= 4 is 28.4 Å². The molecule has 1 aromatic heterocycles. The van der Waals surface area contributed by atoms with Crippen molar-refractivity contribution in [3.8, 4) is 0 Å². The Morgan fingerprint density at radius 1 is 1.03 bits per heavy atom. The van der Waals surface area contributed by atoms with E-state index in [1.807, 2.05) is 30.3 Å². The van der Waals surface area contributed by atoms with Crippen LogP contribution < -0.4 is 5.43 Å². The van der Waals surface area contributed by atoms with Crippen LogP contribution in [0.5, 0.6) is 0 Å². The number of benzene rings is 2. The summed E-state index contributed by atoms with van der Waals surface area (Å²) in [6, 6.07) is 14.2. The highest BCUT2D eigenvalue weighted by atomic mass is 16.5. The van der Waals surface area contributed by atoms with Gasteiger partial charge in [-0.1, -0.05) is 57.2 Å². The number of nitrogens with zero attached hydrogens (tertiary/aromatic N) is 1. The van der Waals surface area contributed by atoms with Gasteiger partial charge in [0.2, 0.25) is 0 Å². The maximum atomic E-state index is 14.1. The molecule has 0 N–H and O–H groups in total. The van der Waals surface area contributed by atoms with Gasteiger partial charge in [-0.25, -0.2) is 0 Å². The fourth-order valence-electron chi connectivity index (χ4n) is 5.04. The summed E-state index contributed by atoms with van der Waals surface area (Å²) in [5.74, 6) is -1.82. The van der Waals surface area contributed by atoms with Crippen molar-refractivity contribution in [2.24, 2.45) is 10.9 Å². The van der Waals surface area contributed by atoms with Gasteiger partial charge < -0.3 is 9.15 Å². The van der Waals surface area contributed by atoms with Crippen LogP contribution in [0, 0.1) is 12.8 Å². The van der Waals surface area contributed by atoms with Gasteiger partial charge in [0.1, 0.15) is 17.3 Å². The van der Waals surface area contributed by atoms with Crippen molar-refractivity contribution in [3.05, 3.63) is 92.5 Å². The standard InChI is InChI=1S/C31H33NO5/c1-8-36-30(35)26-19(4)32-18(3)25(28(34)20-12-14-21(15-13-20)31(5,6)7)27(26)23-11-9-10-22-24(33)16-17(2)37-29(22)23/h9-16,26-27H,8H2,1-7H3. The Labute approximate surface area is 217 Å². The van der Waals surface area contributed by atoms with Crippen LogP contribution in [0.4, 0.5) is 0 Å². The van der Waals surface area contributed by atoms with Gasteiger partial charge in [0.05, 0.1) is 12.0 Å². The second kappa shape index (κ2) is 9.92. The lowest BCUT2D eigenvalue weighted by molar-refractivity contribution is -0.146. The van der Waals surface area contributed by atoms with Crippen LogP contribution in [0.2, 0.25) is 0 Å². The van der Waals surface area contributed by atoms with E-state index in [4.69, 9.17) is 9.15 Å². The number of para-hydroxylation sites is 1. The number of allylic oxidation sites excluding steroid dienone is 2. The van der Waals surface area contributed by atoms with Gasteiger partial charge >= 0.3 is 5.97 Å². The van der Waals surface area contributed by atoms with Gasteiger partial charge in [0.15, 0.2) is 11.2 Å². The van der Waals surface area contributed by atoms with Gasteiger partial charge in [-0.2, -0.15) is 0 Å². The van der Waals surface area contributed by atoms with E-state index < -0.39 is 17.8 Å². The average molecular weight is 500 g/mol. The maximum absolute atomic E-state index is 14.1. The number of Topliss-reactive ketones (excluding diaryl/α,β-unsaturated/α-hetero) is 1. The number of ether oxygens (including phenoxy) is 1. The fraction of sp³-hybridized carbons (Fsp3) is 0.355. The number of esters is 1. The van der Waals surface area contributed by atoms with E-state index in [1.165, 1.54) is 6.07 Å². The molecule has 4 rings (SSSR count). The predicted octanol–water partition coefficient (Wildman–Crippen LogP) is 6.29. The highest BCUT2D eigenvalue weighted by Gasteiger charge is 2.43. The first-order chi connectivity index (χ1) is 17.4. The van der Waals surface area contributed by atoms with Crippen LogP contribution in [0.1, 0.15) is 74.7 Å². The zero-order chi connectivity index (χ0) is 27.1. The molecule has 37 heavy (non-hydrogen) atoms. The van der Waals surface area contributed by atoms with Gasteiger partial charge in [-0.3, -0.25) is 19.4 Å².